The molecule has 0 amide bonds. The lowest BCUT2D eigenvalue weighted by molar-refractivity contribution is 0.667. The highest BCUT2D eigenvalue weighted by molar-refractivity contribution is 6.20. The molecule has 2 heterocycles. The number of rotatable bonds is 5. The van der Waals surface area contributed by atoms with Crippen LogP contribution in [0.4, 0.5) is 17.1 Å². The molecule has 0 spiro atoms. The maximum absolute atomic E-state index is 6.15. The Balaban J connectivity index is 1.12. The van der Waals surface area contributed by atoms with E-state index in [9.17, 15) is 0 Å². The van der Waals surface area contributed by atoms with Crippen LogP contribution in [0.3, 0.4) is 0 Å². The fourth-order valence-electron chi connectivity index (χ4n) is 7.53. The highest BCUT2D eigenvalue weighted by Crippen LogP contribution is 2.41. The molecule has 234 valence electrons. The van der Waals surface area contributed by atoms with Gasteiger partial charge in [-0.05, 0) is 91.5 Å². The summed E-state index contributed by atoms with van der Waals surface area (Å²) in [4.78, 5) is 6.88. The standard InChI is InChI=1S/C47H30N2O/c1-2-8-31(9-3-1)32-18-22-37(23-19-32)49(39-26-27-41-36(28-39)17-16-35-15-14-33-10-4-5-11-40(33)46(35)41)38-24-20-34(21-25-38)43-29-48-30-45-47(43)42-12-6-7-13-44(42)50-45/h1-30H. The third-order valence-electron chi connectivity index (χ3n) is 9.92. The second-order valence-electron chi connectivity index (χ2n) is 12.8. The normalized spacial score (nSPS) is 11.6. The molecule has 0 unspecified atom stereocenters. The lowest BCUT2D eigenvalue weighted by atomic mass is 9.96. The molecule has 0 aliphatic rings. The van der Waals surface area contributed by atoms with Crippen molar-refractivity contribution in [3.63, 3.8) is 0 Å². The highest BCUT2D eigenvalue weighted by Gasteiger charge is 2.17. The second-order valence-corrected chi connectivity index (χ2v) is 12.8. The van der Waals surface area contributed by atoms with Crippen LogP contribution in [-0.2, 0) is 0 Å². The van der Waals surface area contributed by atoms with Crippen LogP contribution in [0, 0.1) is 0 Å². The Hall–Kier alpha value is -6.71. The summed E-state index contributed by atoms with van der Waals surface area (Å²) in [6.07, 6.45) is 3.75. The number of fused-ring (bicyclic) bond motifs is 8. The average Bonchev–Trinajstić information content (AvgIpc) is 3.58. The molecule has 0 aliphatic heterocycles. The summed E-state index contributed by atoms with van der Waals surface area (Å²) in [7, 11) is 0. The van der Waals surface area contributed by atoms with Gasteiger partial charge in [-0.15, -0.1) is 0 Å². The van der Waals surface area contributed by atoms with Crippen molar-refractivity contribution in [3.05, 3.63) is 182 Å². The third-order valence-corrected chi connectivity index (χ3v) is 9.92. The van der Waals surface area contributed by atoms with E-state index < -0.39 is 0 Å². The Labute approximate surface area is 289 Å². The molecule has 8 aromatic carbocycles. The Morgan fingerprint density at radius 3 is 1.78 bits per heavy atom. The van der Waals surface area contributed by atoms with E-state index in [4.69, 9.17) is 4.42 Å². The van der Waals surface area contributed by atoms with E-state index in [0.29, 0.717) is 0 Å². The largest absolute Gasteiger partial charge is 0.454 e. The minimum atomic E-state index is 0.796. The molecule has 2 aromatic heterocycles. The van der Waals surface area contributed by atoms with Crippen LogP contribution in [0.1, 0.15) is 0 Å². The molecule has 0 saturated heterocycles. The molecule has 0 atom stereocenters. The predicted octanol–water partition coefficient (Wildman–Crippen LogP) is 13.2. The molecular formula is C47H30N2O. The third kappa shape index (κ3) is 4.63. The van der Waals surface area contributed by atoms with Crippen molar-refractivity contribution in [1.82, 2.24) is 4.98 Å². The van der Waals surface area contributed by atoms with Gasteiger partial charge < -0.3 is 9.32 Å². The summed E-state index contributed by atoms with van der Waals surface area (Å²) >= 11 is 0. The van der Waals surface area contributed by atoms with Gasteiger partial charge in [0, 0.05) is 39.6 Å². The molecule has 0 N–H and O–H groups in total. The Bertz CT molecular complexity index is 2850. The van der Waals surface area contributed by atoms with Crippen LogP contribution < -0.4 is 4.90 Å². The van der Waals surface area contributed by atoms with Crippen molar-refractivity contribution < 1.29 is 4.42 Å². The van der Waals surface area contributed by atoms with E-state index in [-0.39, 0.29) is 0 Å². The first-order valence-corrected chi connectivity index (χ1v) is 16.9. The lowest BCUT2D eigenvalue weighted by Gasteiger charge is -2.26. The number of pyridine rings is 1. The van der Waals surface area contributed by atoms with Crippen LogP contribution >= 0.6 is 0 Å². The molecule has 50 heavy (non-hydrogen) atoms. The fraction of sp³-hybridized carbons (Fsp3) is 0. The quantitative estimate of drug-likeness (QED) is 0.176. The maximum Gasteiger partial charge on any atom is 0.154 e. The van der Waals surface area contributed by atoms with Gasteiger partial charge in [-0.1, -0.05) is 127 Å². The first kappa shape index (κ1) is 28.3. The monoisotopic (exact) mass is 638 g/mol. The molecule has 10 aromatic rings. The fourth-order valence-corrected chi connectivity index (χ4v) is 7.53. The van der Waals surface area contributed by atoms with Crippen molar-refractivity contribution >= 4 is 71.3 Å². The molecular weight excluding hydrogens is 609 g/mol. The smallest absolute Gasteiger partial charge is 0.154 e. The minimum Gasteiger partial charge on any atom is -0.454 e. The van der Waals surface area contributed by atoms with Crippen molar-refractivity contribution in [2.75, 3.05) is 4.90 Å². The van der Waals surface area contributed by atoms with Crippen LogP contribution in [0.5, 0.6) is 0 Å². The second kappa shape index (κ2) is 11.5. The zero-order chi connectivity index (χ0) is 33.0. The summed E-state index contributed by atoms with van der Waals surface area (Å²) in [5.74, 6) is 0. The van der Waals surface area contributed by atoms with Gasteiger partial charge in [-0.3, -0.25) is 4.98 Å². The van der Waals surface area contributed by atoms with Crippen molar-refractivity contribution in [3.8, 4) is 22.3 Å². The summed E-state index contributed by atoms with van der Waals surface area (Å²) in [5, 5.41) is 9.73. The summed E-state index contributed by atoms with van der Waals surface area (Å²) in [6.45, 7) is 0. The van der Waals surface area contributed by atoms with Crippen LogP contribution in [0.15, 0.2) is 187 Å². The van der Waals surface area contributed by atoms with Gasteiger partial charge in [-0.2, -0.15) is 0 Å². The number of hydrogen-bond acceptors (Lipinski definition) is 3. The maximum atomic E-state index is 6.15. The van der Waals surface area contributed by atoms with E-state index in [1.807, 2.05) is 18.3 Å². The first-order chi connectivity index (χ1) is 24.8. The van der Waals surface area contributed by atoms with Gasteiger partial charge in [0.15, 0.2) is 5.58 Å². The Kier molecular flexibility index (Phi) is 6.49. The molecule has 3 heteroatoms. The van der Waals surface area contributed by atoms with Crippen LogP contribution in [0.2, 0.25) is 0 Å². The van der Waals surface area contributed by atoms with Crippen molar-refractivity contribution in [2.45, 2.75) is 0 Å². The van der Waals surface area contributed by atoms with E-state index in [2.05, 4.69) is 168 Å². The Morgan fingerprint density at radius 1 is 0.380 bits per heavy atom. The minimum absolute atomic E-state index is 0.796. The molecule has 0 saturated carbocycles. The van der Waals surface area contributed by atoms with Crippen molar-refractivity contribution in [1.29, 1.82) is 0 Å². The first-order valence-electron chi connectivity index (χ1n) is 16.9. The number of benzene rings is 8. The number of aromatic nitrogens is 1. The van der Waals surface area contributed by atoms with Gasteiger partial charge >= 0.3 is 0 Å². The topological polar surface area (TPSA) is 29.3 Å². The molecule has 3 nitrogen and oxygen atoms in total. The van der Waals surface area contributed by atoms with E-state index >= 15 is 0 Å². The SMILES string of the molecule is c1ccc(-c2ccc(N(c3ccc(-c4cncc5oc6ccccc6c45)cc3)c3ccc4c(ccc5ccc6ccccc6c54)c3)cc2)cc1. The average molecular weight is 639 g/mol. The number of furan rings is 1. The summed E-state index contributed by atoms with van der Waals surface area (Å²) in [5.41, 5.74) is 9.47. The number of para-hydroxylation sites is 1. The number of nitrogens with zero attached hydrogens (tertiary/aromatic N) is 2. The van der Waals surface area contributed by atoms with Gasteiger partial charge in [0.05, 0.1) is 6.20 Å². The molecule has 0 bridgehead atoms. The van der Waals surface area contributed by atoms with E-state index in [1.54, 1.807) is 6.20 Å². The van der Waals surface area contributed by atoms with Gasteiger partial charge in [0.2, 0.25) is 0 Å². The van der Waals surface area contributed by atoms with Gasteiger partial charge in [0.1, 0.15) is 5.58 Å². The van der Waals surface area contributed by atoms with Gasteiger partial charge in [0.25, 0.3) is 0 Å². The molecule has 0 radical (unpaired) electrons. The number of anilines is 3. The van der Waals surface area contributed by atoms with Crippen LogP contribution in [0.25, 0.3) is 76.5 Å². The lowest BCUT2D eigenvalue weighted by Crippen LogP contribution is -2.09. The predicted molar refractivity (Wildman–Crippen MR) is 210 cm³/mol. The summed E-state index contributed by atoms with van der Waals surface area (Å²) < 4.78 is 6.15. The van der Waals surface area contributed by atoms with Crippen LogP contribution in [-0.4, -0.2) is 4.98 Å². The molecule has 10 rings (SSSR count). The van der Waals surface area contributed by atoms with E-state index in [1.165, 1.54) is 43.4 Å². The molecule has 0 fully saturated rings. The summed E-state index contributed by atoms with van der Waals surface area (Å²) in [6, 6.07) is 60.9. The highest BCUT2D eigenvalue weighted by atomic mass is 16.3. The zero-order valence-corrected chi connectivity index (χ0v) is 27.1. The zero-order valence-electron chi connectivity index (χ0n) is 27.1. The number of hydrogen-bond donors (Lipinski definition) is 0. The van der Waals surface area contributed by atoms with Gasteiger partial charge in [-0.25, -0.2) is 0 Å². The molecule has 0 aliphatic carbocycles. The van der Waals surface area contributed by atoms with Crippen molar-refractivity contribution in [2.24, 2.45) is 0 Å². The van der Waals surface area contributed by atoms with E-state index in [0.717, 1.165) is 50.1 Å². The Morgan fingerprint density at radius 2 is 0.980 bits per heavy atom.